The second-order valence-corrected chi connectivity index (χ2v) is 4.38. The SMILES string of the molecule is COC(CNC(=O)C(C)Oc1cccc(C)c1)C(=O)O. The Morgan fingerprint density at radius 3 is 2.65 bits per heavy atom. The summed E-state index contributed by atoms with van der Waals surface area (Å²) in [5, 5.41) is 11.3. The summed E-state index contributed by atoms with van der Waals surface area (Å²) >= 11 is 0. The molecule has 2 atom stereocenters. The second-order valence-electron chi connectivity index (χ2n) is 4.38. The number of carboxylic acid groups (broad SMARTS) is 1. The minimum absolute atomic E-state index is 0.105. The number of aliphatic carboxylic acids is 1. The first-order valence-electron chi connectivity index (χ1n) is 6.20. The molecule has 2 unspecified atom stereocenters. The molecule has 1 aromatic carbocycles. The molecule has 110 valence electrons. The maximum Gasteiger partial charge on any atom is 0.334 e. The van der Waals surface area contributed by atoms with E-state index in [1.165, 1.54) is 7.11 Å². The predicted molar refractivity (Wildman–Crippen MR) is 72.7 cm³/mol. The van der Waals surface area contributed by atoms with E-state index >= 15 is 0 Å². The van der Waals surface area contributed by atoms with Gasteiger partial charge in [-0.1, -0.05) is 12.1 Å². The van der Waals surface area contributed by atoms with Crippen LogP contribution >= 0.6 is 0 Å². The lowest BCUT2D eigenvalue weighted by Gasteiger charge is -2.16. The largest absolute Gasteiger partial charge is 0.481 e. The number of carbonyl (C=O) groups is 2. The van der Waals surface area contributed by atoms with E-state index in [1.807, 2.05) is 25.1 Å². The average Bonchev–Trinajstić information content (AvgIpc) is 2.38. The number of aryl methyl sites for hydroxylation is 1. The van der Waals surface area contributed by atoms with E-state index in [-0.39, 0.29) is 6.54 Å². The van der Waals surface area contributed by atoms with Crippen molar-refractivity contribution in [2.24, 2.45) is 0 Å². The first kappa shape index (κ1) is 16.0. The molecule has 0 spiro atoms. The summed E-state index contributed by atoms with van der Waals surface area (Å²) in [4.78, 5) is 22.5. The fraction of sp³-hybridized carbons (Fsp3) is 0.429. The first-order valence-corrected chi connectivity index (χ1v) is 6.20. The molecule has 0 aromatic heterocycles. The van der Waals surface area contributed by atoms with Gasteiger partial charge in [-0.25, -0.2) is 4.79 Å². The molecule has 0 aliphatic rings. The zero-order valence-electron chi connectivity index (χ0n) is 11.8. The van der Waals surface area contributed by atoms with Crippen LogP contribution < -0.4 is 10.1 Å². The summed E-state index contributed by atoms with van der Waals surface area (Å²) in [5.41, 5.74) is 1.03. The lowest BCUT2D eigenvalue weighted by molar-refractivity contribution is -0.148. The molecule has 6 nitrogen and oxygen atoms in total. The number of methoxy groups -OCH3 is 1. The molecule has 0 bridgehead atoms. The zero-order valence-corrected chi connectivity index (χ0v) is 11.8. The summed E-state index contributed by atoms with van der Waals surface area (Å²) in [6.45, 7) is 3.42. The van der Waals surface area contributed by atoms with E-state index in [2.05, 4.69) is 5.32 Å². The van der Waals surface area contributed by atoms with E-state index in [9.17, 15) is 9.59 Å². The third kappa shape index (κ3) is 4.89. The fourth-order valence-corrected chi connectivity index (χ4v) is 1.55. The molecule has 0 radical (unpaired) electrons. The molecule has 2 N–H and O–H groups in total. The smallest absolute Gasteiger partial charge is 0.334 e. The Balaban J connectivity index is 2.49. The topological polar surface area (TPSA) is 84.9 Å². The molecule has 0 aliphatic carbocycles. The van der Waals surface area contributed by atoms with Crippen LogP contribution in [0.1, 0.15) is 12.5 Å². The summed E-state index contributed by atoms with van der Waals surface area (Å²) in [6.07, 6.45) is -1.78. The number of nitrogens with one attached hydrogen (secondary N) is 1. The molecule has 1 aromatic rings. The molecular weight excluding hydrogens is 262 g/mol. The Morgan fingerprint density at radius 1 is 1.40 bits per heavy atom. The molecule has 0 fully saturated rings. The van der Waals surface area contributed by atoms with Gasteiger partial charge < -0.3 is 19.9 Å². The third-order valence-corrected chi connectivity index (χ3v) is 2.69. The van der Waals surface area contributed by atoms with Gasteiger partial charge in [-0.15, -0.1) is 0 Å². The molecule has 6 heteroatoms. The molecule has 0 saturated carbocycles. The lowest BCUT2D eigenvalue weighted by Crippen LogP contribution is -2.43. The Hall–Kier alpha value is -2.08. The van der Waals surface area contributed by atoms with Crippen LogP contribution in [0.3, 0.4) is 0 Å². The van der Waals surface area contributed by atoms with E-state index in [1.54, 1.807) is 13.0 Å². The zero-order chi connectivity index (χ0) is 15.1. The van der Waals surface area contributed by atoms with Crippen molar-refractivity contribution in [2.75, 3.05) is 13.7 Å². The van der Waals surface area contributed by atoms with Crippen LogP contribution in [0.25, 0.3) is 0 Å². The van der Waals surface area contributed by atoms with Crippen LogP contribution in [-0.4, -0.2) is 42.8 Å². The van der Waals surface area contributed by atoms with Gasteiger partial charge in [0.2, 0.25) is 0 Å². The number of ether oxygens (including phenoxy) is 2. The number of rotatable bonds is 7. The quantitative estimate of drug-likeness (QED) is 0.778. The lowest BCUT2D eigenvalue weighted by atomic mass is 10.2. The Bertz CT molecular complexity index is 474. The van der Waals surface area contributed by atoms with Crippen molar-refractivity contribution in [1.82, 2.24) is 5.32 Å². The van der Waals surface area contributed by atoms with Gasteiger partial charge in [-0.3, -0.25) is 4.79 Å². The van der Waals surface area contributed by atoms with Crippen LogP contribution in [0.2, 0.25) is 0 Å². The van der Waals surface area contributed by atoms with Crippen LogP contribution in [0.5, 0.6) is 5.75 Å². The molecular formula is C14H19NO5. The standard InChI is InChI=1S/C14H19NO5/c1-9-5-4-6-11(7-9)20-10(2)13(16)15-8-12(19-3)14(17)18/h4-7,10,12H,8H2,1-3H3,(H,15,16)(H,17,18). The Morgan fingerprint density at radius 2 is 2.10 bits per heavy atom. The van der Waals surface area contributed by atoms with Crippen molar-refractivity contribution in [2.45, 2.75) is 26.1 Å². The van der Waals surface area contributed by atoms with Gasteiger partial charge >= 0.3 is 5.97 Å². The maximum atomic E-state index is 11.8. The van der Waals surface area contributed by atoms with Crippen molar-refractivity contribution < 1.29 is 24.2 Å². The highest BCUT2D eigenvalue weighted by Crippen LogP contribution is 2.14. The first-order chi connectivity index (χ1) is 9.43. The number of hydrogen-bond acceptors (Lipinski definition) is 4. The van der Waals surface area contributed by atoms with E-state index in [4.69, 9.17) is 14.6 Å². The van der Waals surface area contributed by atoms with Gasteiger partial charge in [0.15, 0.2) is 12.2 Å². The highest BCUT2D eigenvalue weighted by molar-refractivity contribution is 5.81. The highest BCUT2D eigenvalue weighted by atomic mass is 16.5. The second kappa shape index (κ2) is 7.49. The maximum absolute atomic E-state index is 11.8. The van der Waals surface area contributed by atoms with Crippen LogP contribution in [0, 0.1) is 6.92 Å². The van der Waals surface area contributed by atoms with Gasteiger partial charge in [0.05, 0.1) is 6.54 Å². The number of carbonyl (C=O) groups excluding carboxylic acids is 1. The van der Waals surface area contributed by atoms with Crippen molar-refractivity contribution in [3.8, 4) is 5.75 Å². The minimum Gasteiger partial charge on any atom is -0.481 e. The predicted octanol–water partition coefficient (Wildman–Crippen LogP) is 0.978. The molecule has 0 heterocycles. The monoisotopic (exact) mass is 281 g/mol. The van der Waals surface area contributed by atoms with Crippen LogP contribution in [0.4, 0.5) is 0 Å². The molecule has 1 rings (SSSR count). The van der Waals surface area contributed by atoms with Crippen molar-refractivity contribution in [1.29, 1.82) is 0 Å². The number of hydrogen-bond donors (Lipinski definition) is 2. The third-order valence-electron chi connectivity index (χ3n) is 2.69. The van der Waals surface area contributed by atoms with E-state index < -0.39 is 24.1 Å². The van der Waals surface area contributed by atoms with Crippen molar-refractivity contribution >= 4 is 11.9 Å². The van der Waals surface area contributed by atoms with E-state index in [0.717, 1.165) is 5.56 Å². The van der Waals surface area contributed by atoms with E-state index in [0.29, 0.717) is 5.75 Å². The highest BCUT2D eigenvalue weighted by Gasteiger charge is 2.20. The van der Waals surface area contributed by atoms with Crippen molar-refractivity contribution in [3.05, 3.63) is 29.8 Å². The fourth-order valence-electron chi connectivity index (χ4n) is 1.55. The van der Waals surface area contributed by atoms with Gasteiger partial charge in [-0.05, 0) is 31.5 Å². The number of amides is 1. The van der Waals surface area contributed by atoms with Gasteiger partial charge in [-0.2, -0.15) is 0 Å². The van der Waals surface area contributed by atoms with Crippen molar-refractivity contribution in [3.63, 3.8) is 0 Å². The summed E-state index contributed by atoms with van der Waals surface area (Å²) in [7, 11) is 1.28. The molecule has 20 heavy (non-hydrogen) atoms. The summed E-state index contributed by atoms with van der Waals surface area (Å²) in [6, 6.07) is 7.33. The minimum atomic E-state index is -1.12. The molecule has 0 aliphatic heterocycles. The molecule has 0 saturated heterocycles. The van der Waals surface area contributed by atoms with Crippen LogP contribution in [-0.2, 0) is 14.3 Å². The van der Waals surface area contributed by atoms with Gasteiger partial charge in [0, 0.05) is 7.11 Å². The molecule has 1 amide bonds. The Labute approximate surface area is 117 Å². The summed E-state index contributed by atoms with van der Waals surface area (Å²) in [5.74, 6) is -0.927. The van der Waals surface area contributed by atoms with Crippen LogP contribution in [0.15, 0.2) is 24.3 Å². The number of benzene rings is 1. The average molecular weight is 281 g/mol. The normalized spacial score (nSPS) is 13.3. The van der Waals surface area contributed by atoms with Gasteiger partial charge in [0.1, 0.15) is 5.75 Å². The van der Waals surface area contributed by atoms with Gasteiger partial charge in [0.25, 0.3) is 5.91 Å². The summed E-state index contributed by atoms with van der Waals surface area (Å²) < 4.78 is 10.2. The Kier molecular flexibility index (Phi) is 5.99. The number of carboxylic acids is 1.